The van der Waals surface area contributed by atoms with Gasteiger partial charge in [0.25, 0.3) is 0 Å². The predicted octanol–water partition coefficient (Wildman–Crippen LogP) is 1.69. The number of hydrogen-bond acceptors (Lipinski definition) is 4. The third-order valence-electron chi connectivity index (χ3n) is 3.81. The van der Waals surface area contributed by atoms with E-state index < -0.39 is 23.3 Å². The third-order valence-corrected chi connectivity index (χ3v) is 3.81. The molecule has 1 aromatic carbocycles. The normalized spacial score (nSPS) is 21.4. The molecule has 1 aromatic rings. The summed E-state index contributed by atoms with van der Waals surface area (Å²) in [5.74, 6) is -1.64. The molecule has 1 heterocycles. The van der Waals surface area contributed by atoms with Crippen LogP contribution in [0.15, 0.2) is 30.3 Å². The number of Topliss-reactive ketones (excluding diaryl/α,β-unsaturated/α-hetero) is 1. The zero-order valence-corrected chi connectivity index (χ0v) is 11.7. The molecule has 0 aliphatic carbocycles. The van der Waals surface area contributed by atoms with Gasteiger partial charge in [-0.3, -0.25) is 14.5 Å². The van der Waals surface area contributed by atoms with E-state index in [1.165, 1.54) is 0 Å². The third kappa shape index (κ3) is 2.89. The number of nitrogens with zero attached hydrogens (tertiary/aromatic N) is 1. The van der Waals surface area contributed by atoms with E-state index in [-0.39, 0.29) is 26.1 Å². The summed E-state index contributed by atoms with van der Waals surface area (Å²) in [5, 5.41) is 9.24. The standard InChI is InChI=1S/C15H17NO5/c1-2-15(13(18)19)10-16(8-12(15)17)14(20)21-9-11-6-4-3-5-7-11/h3-7H,2,8-10H2,1H3,(H,18,19)/t15-/m0/s1. The monoisotopic (exact) mass is 291 g/mol. The Labute approximate surface area is 122 Å². The topological polar surface area (TPSA) is 83.9 Å². The summed E-state index contributed by atoms with van der Waals surface area (Å²) in [6, 6.07) is 9.14. The maximum absolute atomic E-state index is 11.9. The highest BCUT2D eigenvalue weighted by Crippen LogP contribution is 2.31. The van der Waals surface area contributed by atoms with Crippen molar-refractivity contribution in [2.45, 2.75) is 20.0 Å². The van der Waals surface area contributed by atoms with E-state index in [0.29, 0.717) is 0 Å². The van der Waals surface area contributed by atoms with Crippen molar-refractivity contribution in [2.24, 2.45) is 5.41 Å². The zero-order chi connectivity index (χ0) is 15.5. The Morgan fingerprint density at radius 1 is 1.33 bits per heavy atom. The van der Waals surface area contributed by atoms with Crippen molar-refractivity contribution in [1.29, 1.82) is 0 Å². The second kappa shape index (κ2) is 5.95. The molecule has 1 atom stereocenters. The fraction of sp³-hybridized carbons (Fsp3) is 0.400. The molecule has 1 fully saturated rings. The molecule has 21 heavy (non-hydrogen) atoms. The van der Waals surface area contributed by atoms with E-state index in [4.69, 9.17) is 4.74 Å². The number of ether oxygens (including phenoxy) is 1. The second-order valence-corrected chi connectivity index (χ2v) is 5.06. The lowest BCUT2D eigenvalue weighted by Gasteiger charge is -2.21. The van der Waals surface area contributed by atoms with Crippen LogP contribution in [0.25, 0.3) is 0 Å². The lowest BCUT2D eigenvalue weighted by Crippen LogP contribution is -2.39. The highest BCUT2D eigenvalue weighted by Gasteiger charge is 2.52. The predicted molar refractivity (Wildman–Crippen MR) is 73.6 cm³/mol. The molecule has 0 aromatic heterocycles. The van der Waals surface area contributed by atoms with Gasteiger partial charge in [0.1, 0.15) is 12.0 Å². The van der Waals surface area contributed by atoms with Crippen LogP contribution in [0, 0.1) is 5.41 Å². The van der Waals surface area contributed by atoms with Gasteiger partial charge >= 0.3 is 12.1 Å². The Hall–Kier alpha value is -2.37. The van der Waals surface area contributed by atoms with E-state index >= 15 is 0 Å². The Bertz CT molecular complexity index is 556. The maximum Gasteiger partial charge on any atom is 0.410 e. The summed E-state index contributed by atoms with van der Waals surface area (Å²) in [6.07, 6.45) is -0.507. The first kappa shape index (κ1) is 15.0. The van der Waals surface area contributed by atoms with Gasteiger partial charge in [0.05, 0.1) is 6.54 Å². The number of likely N-dealkylation sites (tertiary alicyclic amines) is 1. The molecule has 1 aliphatic rings. The van der Waals surface area contributed by atoms with Crippen molar-refractivity contribution < 1.29 is 24.2 Å². The highest BCUT2D eigenvalue weighted by molar-refractivity contribution is 6.07. The molecule has 0 spiro atoms. The molecule has 1 saturated heterocycles. The number of amides is 1. The molecule has 0 bridgehead atoms. The van der Waals surface area contributed by atoms with Crippen LogP contribution in [0.2, 0.25) is 0 Å². The number of rotatable bonds is 4. The van der Waals surface area contributed by atoms with Crippen LogP contribution < -0.4 is 0 Å². The number of benzene rings is 1. The molecule has 0 saturated carbocycles. The molecule has 0 unspecified atom stereocenters. The fourth-order valence-corrected chi connectivity index (χ4v) is 2.38. The Morgan fingerprint density at radius 3 is 2.52 bits per heavy atom. The lowest BCUT2D eigenvalue weighted by molar-refractivity contribution is -0.152. The van der Waals surface area contributed by atoms with Crippen LogP contribution in [0.1, 0.15) is 18.9 Å². The summed E-state index contributed by atoms with van der Waals surface area (Å²) < 4.78 is 5.12. The minimum atomic E-state index is -1.49. The second-order valence-electron chi connectivity index (χ2n) is 5.06. The van der Waals surface area contributed by atoms with Gasteiger partial charge in [-0.05, 0) is 12.0 Å². The van der Waals surface area contributed by atoms with Crippen molar-refractivity contribution >= 4 is 17.8 Å². The van der Waals surface area contributed by atoms with Crippen molar-refractivity contribution in [3.05, 3.63) is 35.9 Å². The summed E-state index contributed by atoms with van der Waals surface area (Å²) in [7, 11) is 0. The molecule has 1 aliphatic heterocycles. The summed E-state index contributed by atoms with van der Waals surface area (Å²) >= 11 is 0. The Morgan fingerprint density at radius 2 is 2.00 bits per heavy atom. The van der Waals surface area contributed by atoms with Crippen molar-refractivity contribution in [2.75, 3.05) is 13.1 Å². The van der Waals surface area contributed by atoms with E-state index in [0.717, 1.165) is 10.5 Å². The SMILES string of the molecule is CC[C@]1(C(=O)O)CN(C(=O)OCc2ccccc2)CC1=O. The fourth-order valence-electron chi connectivity index (χ4n) is 2.38. The quantitative estimate of drug-likeness (QED) is 0.853. The number of carboxylic acids is 1. The first-order valence-corrected chi connectivity index (χ1v) is 6.72. The van der Waals surface area contributed by atoms with Crippen molar-refractivity contribution in [1.82, 2.24) is 4.90 Å². The van der Waals surface area contributed by atoms with Gasteiger partial charge in [-0.1, -0.05) is 37.3 Å². The zero-order valence-electron chi connectivity index (χ0n) is 11.7. The molecule has 0 radical (unpaired) electrons. The van der Waals surface area contributed by atoms with Gasteiger partial charge in [0.15, 0.2) is 5.78 Å². The van der Waals surface area contributed by atoms with Crippen LogP contribution in [0.4, 0.5) is 4.79 Å². The first-order valence-electron chi connectivity index (χ1n) is 6.72. The number of carbonyl (C=O) groups is 3. The lowest BCUT2D eigenvalue weighted by atomic mass is 9.83. The van der Waals surface area contributed by atoms with Crippen LogP contribution in [0.5, 0.6) is 0 Å². The van der Waals surface area contributed by atoms with Gasteiger partial charge in [-0.15, -0.1) is 0 Å². The smallest absolute Gasteiger partial charge is 0.410 e. The minimum Gasteiger partial charge on any atom is -0.480 e. The van der Waals surface area contributed by atoms with Crippen LogP contribution in [0.3, 0.4) is 0 Å². The average Bonchev–Trinajstić information content (AvgIpc) is 2.84. The molecule has 112 valence electrons. The van der Waals surface area contributed by atoms with Gasteiger partial charge < -0.3 is 9.84 Å². The van der Waals surface area contributed by atoms with Crippen molar-refractivity contribution in [3.8, 4) is 0 Å². The van der Waals surface area contributed by atoms with E-state index in [2.05, 4.69) is 0 Å². The van der Waals surface area contributed by atoms with Crippen molar-refractivity contribution in [3.63, 3.8) is 0 Å². The number of carbonyl (C=O) groups excluding carboxylic acids is 2. The molecular formula is C15H17NO5. The van der Waals surface area contributed by atoms with E-state index in [9.17, 15) is 19.5 Å². The molecule has 1 N–H and O–H groups in total. The number of aliphatic carboxylic acids is 1. The Balaban J connectivity index is 1.99. The molecule has 1 amide bonds. The summed E-state index contributed by atoms with van der Waals surface area (Å²) in [4.78, 5) is 36.3. The summed E-state index contributed by atoms with van der Waals surface area (Å²) in [6.45, 7) is 1.38. The average molecular weight is 291 g/mol. The van der Waals surface area contributed by atoms with Crippen LogP contribution in [-0.2, 0) is 20.9 Å². The molecule has 6 heteroatoms. The van der Waals surface area contributed by atoms with Gasteiger partial charge in [0, 0.05) is 6.54 Å². The van der Waals surface area contributed by atoms with Crippen LogP contribution in [-0.4, -0.2) is 40.9 Å². The highest BCUT2D eigenvalue weighted by atomic mass is 16.6. The van der Waals surface area contributed by atoms with E-state index in [1.807, 2.05) is 30.3 Å². The number of carboxylic acid groups (broad SMARTS) is 1. The van der Waals surface area contributed by atoms with Gasteiger partial charge in [-0.25, -0.2) is 4.79 Å². The van der Waals surface area contributed by atoms with Crippen LogP contribution >= 0.6 is 0 Å². The minimum absolute atomic E-state index is 0.0938. The summed E-state index contributed by atoms with van der Waals surface area (Å²) in [5.41, 5.74) is -0.664. The first-order chi connectivity index (χ1) is 9.99. The maximum atomic E-state index is 11.9. The van der Waals surface area contributed by atoms with E-state index in [1.54, 1.807) is 6.92 Å². The van der Waals surface area contributed by atoms with Gasteiger partial charge in [-0.2, -0.15) is 0 Å². The molecule has 6 nitrogen and oxygen atoms in total. The number of hydrogen-bond donors (Lipinski definition) is 1. The van der Waals surface area contributed by atoms with Gasteiger partial charge in [0.2, 0.25) is 0 Å². The number of ketones is 1. The largest absolute Gasteiger partial charge is 0.480 e. The Kier molecular flexibility index (Phi) is 4.26. The molecular weight excluding hydrogens is 274 g/mol. The molecule has 2 rings (SSSR count).